The fraction of sp³-hybridized carbons (Fsp3) is 0.583. The molecule has 0 spiro atoms. The maximum absolute atomic E-state index is 12.1. The van der Waals surface area contributed by atoms with E-state index >= 15 is 0 Å². The molecular weight excluding hydrogens is 516 g/mol. The Morgan fingerprint density at radius 2 is 2.05 bits per heavy atom. The number of sulfone groups is 1. The van der Waals surface area contributed by atoms with E-state index in [1.54, 1.807) is 7.11 Å². The van der Waals surface area contributed by atoms with Gasteiger partial charge in [0.2, 0.25) is 5.95 Å². The first kappa shape index (κ1) is 24.9. The zero-order valence-corrected chi connectivity index (χ0v) is 22.4. The van der Waals surface area contributed by atoms with Crippen LogP contribution >= 0.6 is 11.3 Å². The topological polar surface area (TPSA) is 159 Å². The summed E-state index contributed by atoms with van der Waals surface area (Å²) >= 11 is 1.53. The van der Waals surface area contributed by atoms with Crippen LogP contribution in [0.15, 0.2) is 12.3 Å². The van der Waals surface area contributed by atoms with Gasteiger partial charge in [0.15, 0.2) is 9.84 Å². The number of thiazole rings is 1. The quantitative estimate of drug-likeness (QED) is 0.289. The first-order valence-electron chi connectivity index (χ1n) is 12.4. The van der Waals surface area contributed by atoms with Crippen LogP contribution < -0.4 is 10.6 Å². The predicted octanol–water partition coefficient (Wildman–Crippen LogP) is 1.71. The van der Waals surface area contributed by atoms with Crippen molar-refractivity contribution in [2.45, 2.75) is 55.1 Å². The monoisotopic (exact) mass is 546 g/mol. The number of aliphatic hydroxyl groups excluding tert-OH is 1. The summed E-state index contributed by atoms with van der Waals surface area (Å²) < 4.78 is 30.3. The zero-order valence-electron chi connectivity index (χ0n) is 20.8. The summed E-state index contributed by atoms with van der Waals surface area (Å²) in [6, 6.07) is 1.38. The number of aliphatic hydroxyl groups is 2. The number of nitrogens with zero attached hydrogens (tertiary/aromatic N) is 4. The smallest absolute Gasteiger partial charge is 0.224 e. The molecule has 5 unspecified atom stereocenters. The van der Waals surface area contributed by atoms with Crippen molar-refractivity contribution >= 4 is 43.2 Å². The number of rotatable bonds is 9. The molecule has 3 aliphatic carbocycles. The van der Waals surface area contributed by atoms with E-state index in [-0.39, 0.29) is 0 Å². The molecular formula is C24H30N6O5S2. The summed E-state index contributed by atoms with van der Waals surface area (Å²) in [5.41, 5.74) is 1.67. The maximum Gasteiger partial charge on any atom is 0.224 e. The lowest BCUT2D eigenvalue weighted by Crippen LogP contribution is -2.43. The predicted molar refractivity (Wildman–Crippen MR) is 141 cm³/mol. The molecule has 3 aromatic heterocycles. The Hall–Kier alpha value is -2.45. The van der Waals surface area contributed by atoms with Gasteiger partial charge >= 0.3 is 0 Å². The van der Waals surface area contributed by atoms with Crippen LogP contribution in [0.4, 0.5) is 11.8 Å². The molecule has 0 amide bonds. The summed E-state index contributed by atoms with van der Waals surface area (Å²) in [6.07, 6.45) is 4.21. The molecule has 37 heavy (non-hydrogen) atoms. The summed E-state index contributed by atoms with van der Waals surface area (Å²) in [7, 11) is -1.86. The second-order valence-corrected chi connectivity index (χ2v) is 13.5. The van der Waals surface area contributed by atoms with Crippen LogP contribution in [0, 0.1) is 12.8 Å². The summed E-state index contributed by atoms with van der Waals surface area (Å²) in [5, 5.41) is 28.2. The molecule has 0 aliphatic heterocycles. The Morgan fingerprint density at radius 3 is 2.70 bits per heavy atom. The highest BCUT2D eigenvalue weighted by Gasteiger charge is 2.77. The van der Waals surface area contributed by atoms with E-state index in [1.165, 1.54) is 11.3 Å². The van der Waals surface area contributed by atoms with Crippen LogP contribution in [0.3, 0.4) is 0 Å². The van der Waals surface area contributed by atoms with Crippen molar-refractivity contribution in [2.24, 2.45) is 5.92 Å². The van der Waals surface area contributed by atoms with Crippen LogP contribution in [0.2, 0.25) is 0 Å². The van der Waals surface area contributed by atoms with E-state index in [0.29, 0.717) is 48.5 Å². The summed E-state index contributed by atoms with van der Waals surface area (Å²) in [6.45, 7) is 2.87. The molecule has 0 saturated heterocycles. The number of anilines is 2. The van der Waals surface area contributed by atoms with E-state index in [9.17, 15) is 18.6 Å². The van der Waals surface area contributed by atoms with Crippen molar-refractivity contribution in [1.29, 1.82) is 0 Å². The highest BCUT2D eigenvalue weighted by Crippen LogP contribution is 2.59. The zero-order chi connectivity index (χ0) is 26.1. The fourth-order valence-corrected chi connectivity index (χ4v) is 8.64. The molecule has 3 fully saturated rings. The lowest BCUT2D eigenvalue weighted by Gasteiger charge is -2.25. The molecule has 11 nitrogen and oxygen atoms in total. The molecule has 6 rings (SSSR count). The van der Waals surface area contributed by atoms with Crippen molar-refractivity contribution in [3.8, 4) is 10.6 Å². The lowest BCUT2D eigenvalue weighted by atomic mass is 10.1. The Balaban J connectivity index is 1.37. The molecule has 13 heteroatoms. The summed E-state index contributed by atoms with van der Waals surface area (Å²) in [5.74, 6) is 0.796. The molecule has 3 aliphatic rings. The first-order chi connectivity index (χ1) is 17.6. The minimum Gasteiger partial charge on any atom is -0.388 e. The standard InChI is InChI=1S/C24H30N6O5S2/c1-11-16(22-29-18-15(36-22)6-7-25-17(18)12-4-5-12)21(30-23(27-11)26-8-9-35-2)28-14-10-13-20(37(3,33)34)24(13,32)19(14)31/h6-7,12-14,19-20,31-32H,4-5,8-10H2,1-3H3,(H2,26,27,28,30). The highest BCUT2D eigenvalue weighted by molar-refractivity contribution is 7.91. The van der Waals surface area contributed by atoms with Crippen LogP contribution in [-0.2, 0) is 14.6 Å². The van der Waals surface area contributed by atoms with E-state index < -0.39 is 38.8 Å². The molecule has 4 N–H and O–H groups in total. The van der Waals surface area contributed by atoms with E-state index in [2.05, 4.69) is 20.6 Å². The molecule has 198 valence electrons. The van der Waals surface area contributed by atoms with Gasteiger partial charge in [-0.05, 0) is 32.3 Å². The number of ether oxygens (including phenoxy) is 1. The number of pyridine rings is 1. The Morgan fingerprint density at radius 1 is 1.27 bits per heavy atom. The Labute approximate surface area is 218 Å². The first-order valence-corrected chi connectivity index (χ1v) is 15.1. The van der Waals surface area contributed by atoms with Gasteiger partial charge in [-0.15, -0.1) is 11.3 Å². The van der Waals surface area contributed by atoms with Gasteiger partial charge in [-0.25, -0.2) is 18.4 Å². The lowest BCUT2D eigenvalue weighted by molar-refractivity contribution is 0.00557. The average molecular weight is 547 g/mol. The number of aryl methyl sites for hydroxylation is 1. The molecule has 0 bridgehead atoms. The molecule has 0 aromatic carbocycles. The van der Waals surface area contributed by atoms with Crippen molar-refractivity contribution in [1.82, 2.24) is 19.9 Å². The molecule has 3 aromatic rings. The van der Waals surface area contributed by atoms with Crippen molar-refractivity contribution in [3.63, 3.8) is 0 Å². The highest BCUT2D eigenvalue weighted by atomic mass is 32.2. The molecule has 5 atom stereocenters. The van der Waals surface area contributed by atoms with Crippen LogP contribution in [0.25, 0.3) is 20.8 Å². The van der Waals surface area contributed by atoms with Gasteiger partial charge in [-0.2, -0.15) is 4.98 Å². The van der Waals surface area contributed by atoms with Gasteiger partial charge in [-0.1, -0.05) is 0 Å². The number of nitrogens with one attached hydrogen (secondary N) is 2. The minimum atomic E-state index is -3.47. The van der Waals surface area contributed by atoms with Gasteiger partial charge in [-0.3, -0.25) is 4.98 Å². The van der Waals surface area contributed by atoms with E-state index in [4.69, 9.17) is 14.7 Å². The summed E-state index contributed by atoms with van der Waals surface area (Å²) in [4.78, 5) is 18.9. The number of hydrogen-bond acceptors (Lipinski definition) is 12. The largest absolute Gasteiger partial charge is 0.388 e. The van der Waals surface area contributed by atoms with Gasteiger partial charge in [0.05, 0.1) is 39.5 Å². The Bertz CT molecular complexity index is 1480. The van der Waals surface area contributed by atoms with Crippen molar-refractivity contribution < 1.29 is 23.4 Å². The number of aromatic nitrogens is 4. The number of fused-ring (bicyclic) bond motifs is 2. The van der Waals surface area contributed by atoms with Gasteiger partial charge in [0.25, 0.3) is 0 Å². The third kappa shape index (κ3) is 4.16. The minimum absolute atomic E-state index is 0.305. The van der Waals surface area contributed by atoms with Crippen LogP contribution in [0.1, 0.15) is 36.6 Å². The number of methoxy groups -OCH3 is 1. The normalized spacial score (nSPS) is 28.9. The van der Waals surface area contributed by atoms with E-state index in [1.807, 2.05) is 19.2 Å². The third-order valence-corrected chi connectivity index (χ3v) is 10.3. The van der Waals surface area contributed by atoms with Gasteiger partial charge in [0.1, 0.15) is 28.0 Å². The van der Waals surface area contributed by atoms with Gasteiger partial charge < -0.3 is 25.6 Å². The molecule has 3 saturated carbocycles. The third-order valence-electron chi connectivity index (χ3n) is 7.64. The second-order valence-electron chi connectivity index (χ2n) is 10.3. The Kier molecular flexibility index (Phi) is 5.91. The van der Waals surface area contributed by atoms with Gasteiger partial charge in [0, 0.05) is 37.9 Å². The average Bonchev–Trinajstić information content (AvgIpc) is 3.70. The second kappa shape index (κ2) is 8.80. The van der Waals surface area contributed by atoms with Crippen LogP contribution in [0.5, 0.6) is 0 Å². The molecule has 0 radical (unpaired) electrons. The number of hydrogen-bond donors (Lipinski definition) is 4. The van der Waals surface area contributed by atoms with Crippen LogP contribution in [-0.4, -0.2) is 88.1 Å². The van der Waals surface area contributed by atoms with Crippen molar-refractivity contribution in [3.05, 3.63) is 23.7 Å². The van der Waals surface area contributed by atoms with E-state index in [0.717, 1.165) is 40.0 Å². The fourth-order valence-electron chi connectivity index (χ4n) is 5.73. The molecule has 3 heterocycles. The SMILES string of the molecule is COCCNc1nc(C)c(-c2nc3c(C4CC4)nccc3s2)c(NC2CC3C(S(C)(=O)=O)C3(O)C2O)n1. The van der Waals surface area contributed by atoms with Crippen molar-refractivity contribution in [2.75, 3.05) is 37.2 Å². The maximum atomic E-state index is 12.1.